The summed E-state index contributed by atoms with van der Waals surface area (Å²) >= 11 is 7.33. The van der Waals surface area contributed by atoms with Crippen molar-refractivity contribution in [3.05, 3.63) is 34.9 Å². The Hall–Kier alpha value is -1.77. The fourth-order valence-electron chi connectivity index (χ4n) is 3.09. The Morgan fingerprint density at radius 3 is 2.66 bits per heavy atom. The summed E-state index contributed by atoms with van der Waals surface area (Å²) < 4.78 is 7.57. The van der Waals surface area contributed by atoms with E-state index in [2.05, 4.69) is 38.8 Å². The zero-order chi connectivity index (χ0) is 20.6. The molecule has 0 bridgehead atoms. The van der Waals surface area contributed by atoms with Crippen LogP contribution in [0.3, 0.4) is 0 Å². The number of morpholine rings is 1. The molecule has 1 aliphatic heterocycles. The highest BCUT2D eigenvalue weighted by atomic mass is 35.5. The number of hydrogen-bond donors (Lipinski definition) is 1. The zero-order valence-electron chi connectivity index (χ0n) is 16.9. The Morgan fingerprint density at radius 2 is 1.97 bits per heavy atom. The highest BCUT2D eigenvalue weighted by Crippen LogP contribution is 2.24. The fourth-order valence-corrected chi connectivity index (χ4v) is 3.99. The van der Waals surface area contributed by atoms with E-state index in [0.29, 0.717) is 31.4 Å². The Bertz CT molecular complexity index is 791. The predicted octanol–water partition coefficient (Wildman–Crippen LogP) is 2.88. The lowest BCUT2D eigenvalue weighted by atomic mass is 10.1. The van der Waals surface area contributed by atoms with E-state index < -0.39 is 0 Å². The molecule has 1 amide bonds. The number of anilines is 1. The fraction of sp³-hybridized carbons (Fsp3) is 0.550. The van der Waals surface area contributed by atoms with Crippen LogP contribution in [0, 0.1) is 5.92 Å². The van der Waals surface area contributed by atoms with Gasteiger partial charge in [-0.3, -0.25) is 9.36 Å². The summed E-state index contributed by atoms with van der Waals surface area (Å²) in [5.41, 5.74) is 1.15. The van der Waals surface area contributed by atoms with E-state index in [1.807, 2.05) is 24.3 Å². The molecule has 158 valence electrons. The van der Waals surface area contributed by atoms with Crippen LogP contribution in [0.2, 0.25) is 5.02 Å². The summed E-state index contributed by atoms with van der Waals surface area (Å²) in [6, 6.07) is 7.68. The number of rotatable bonds is 9. The van der Waals surface area contributed by atoms with Gasteiger partial charge in [-0.25, -0.2) is 0 Å². The van der Waals surface area contributed by atoms with Crippen LogP contribution in [0.25, 0.3) is 0 Å². The average Bonchev–Trinajstić information content (AvgIpc) is 3.10. The van der Waals surface area contributed by atoms with Gasteiger partial charge in [0.1, 0.15) is 0 Å². The van der Waals surface area contributed by atoms with Crippen molar-refractivity contribution in [1.82, 2.24) is 20.1 Å². The molecule has 0 atom stereocenters. The van der Waals surface area contributed by atoms with Crippen molar-refractivity contribution in [3.8, 4) is 0 Å². The van der Waals surface area contributed by atoms with Crippen LogP contribution in [0.15, 0.2) is 29.4 Å². The summed E-state index contributed by atoms with van der Waals surface area (Å²) in [6.07, 6.45) is 0.776. The number of halogens is 1. The van der Waals surface area contributed by atoms with E-state index in [4.69, 9.17) is 16.3 Å². The molecule has 3 rings (SSSR count). The number of hydrogen-bond acceptors (Lipinski definition) is 6. The first-order valence-electron chi connectivity index (χ1n) is 9.92. The number of nitrogens with one attached hydrogen (secondary N) is 1. The Kier molecular flexibility index (Phi) is 8.20. The molecule has 0 aliphatic carbocycles. The zero-order valence-corrected chi connectivity index (χ0v) is 18.5. The number of benzene rings is 1. The van der Waals surface area contributed by atoms with Crippen LogP contribution in [-0.2, 0) is 22.5 Å². The number of amides is 1. The van der Waals surface area contributed by atoms with E-state index in [1.165, 1.54) is 11.8 Å². The van der Waals surface area contributed by atoms with Crippen molar-refractivity contribution < 1.29 is 9.53 Å². The number of thioether (sulfide) groups is 1. The van der Waals surface area contributed by atoms with Gasteiger partial charge in [0.15, 0.2) is 5.16 Å². The summed E-state index contributed by atoms with van der Waals surface area (Å²) in [5, 5.41) is 13.2. The van der Waals surface area contributed by atoms with Crippen LogP contribution in [0.4, 0.5) is 5.95 Å². The number of aromatic nitrogens is 3. The maximum atomic E-state index is 12.3. The van der Waals surface area contributed by atoms with E-state index in [0.717, 1.165) is 47.7 Å². The van der Waals surface area contributed by atoms with Gasteiger partial charge in [0.2, 0.25) is 11.9 Å². The topological polar surface area (TPSA) is 72.3 Å². The van der Waals surface area contributed by atoms with Gasteiger partial charge >= 0.3 is 0 Å². The molecule has 7 nitrogen and oxygen atoms in total. The van der Waals surface area contributed by atoms with Gasteiger partial charge in [-0.05, 0) is 30.0 Å². The van der Waals surface area contributed by atoms with Crippen molar-refractivity contribution in [1.29, 1.82) is 0 Å². The first kappa shape index (κ1) is 21.9. The summed E-state index contributed by atoms with van der Waals surface area (Å²) in [7, 11) is 0. The summed E-state index contributed by atoms with van der Waals surface area (Å²) in [4.78, 5) is 14.5. The summed E-state index contributed by atoms with van der Waals surface area (Å²) in [5.74, 6) is 1.64. The molecule has 0 radical (unpaired) electrons. The third kappa shape index (κ3) is 6.62. The van der Waals surface area contributed by atoms with Gasteiger partial charge in [0.25, 0.3) is 0 Å². The van der Waals surface area contributed by atoms with E-state index in [1.54, 1.807) is 0 Å². The van der Waals surface area contributed by atoms with E-state index >= 15 is 0 Å². The largest absolute Gasteiger partial charge is 0.378 e. The van der Waals surface area contributed by atoms with Crippen LogP contribution in [0.5, 0.6) is 0 Å². The van der Waals surface area contributed by atoms with Crippen molar-refractivity contribution in [3.63, 3.8) is 0 Å². The third-order valence-corrected chi connectivity index (χ3v) is 5.74. The normalized spacial score (nSPS) is 14.4. The minimum Gasteiger partial charge on any atom is -0.378 e. The molecule has 2 heterocycles. The molecule has 9 heteroatoms. The molecule has 1 saturated heterocycles. The number of carbonyl (C=O) groups excluding carboxylic acids is 1. The average molecular weight is 438 g/mol. The smallest absolute Gasteiger partial charge is 0.230 e. The van der Waals surface area contributed by atoms with Gasteiger partial charge in [-0.1, -0.05) is 49.3 Å². The van der Waals surface area contributed by atoms with Crippen LogP contribution in [0.1, 0.15) is 19.4 Å². The van der Waals surface area contributed by atoms with Crippen LogP contribution >= 0.6 is 23.4 Å². The summed E-state index contributed by atoms with van der Waals surface area (Å²) in [6.45, 7) is 8.78. The van der Waals surface area contributed by atoms with Gasteiger partial charge < -0.3 is 15.0 Å². The maximum Gasteiger partial charge on any atom is 0.230 e. The van der Waals surface area contributed by atoms with Gasteiger partial charge in [0, 0.05) is 31.2 Å². The molecule has 1 N–H and O–H groups in total. The standard InChI is InChI=1S/C20H28ClN5O2S/c1-15(2)13-26-19(25-9-11-28-12-10-25)23-24-20(26)29-14-18(27)22-8-7-16-3-5-17(21)6-4-16/h3-6,15H,7-14H2,1-2H3,(H,22,27). The Morgan fingerprint density at radius 1 is 1.24 bits per heavy atom. The molecule has 0 saturated carbocycles. The molecular weight excluding hydrogens is 410 g/mol. The van der Waals surface area contributed by atoms with Crippen LogP contribution < -0.4 is 10.2 Å². The lowest BCUT2D eigenvalue weighted by Gasteiger charge is -2.28. The maximum absolute atomic E-state index is 12.3. The molecule has 1 fully saturated rings. The first-order chi connectivity index (χ1) is 14.0. The Balaban J connectivity index is 1.52. The second-order valence-electron chi connectivity index (χ2n) is 7.40. The van der Waals surface area contributed by atoms with Crippen molar-refractivity contribution in [2.45, 2.75) is 32.0 Å². The van der Waals surface area contributed by atoms with Gasteiger partial charge in [-0.15, -0.1) is 10.2 Å². The SMILES string of the molecule is CC(C)Cn1c(SCC(=O)NCCc2ccc(Cl)cc2)nnc1N1CCOCC1. The van der Waals surface area contributed by atoms with E-state index in [9.17, 15) is 4.79 Å². The second-order valence-corrected chi connectivity index (χ2v) is 8.78. The van der Waals surface area contributed by atoms with E-state index in [-0.39, 0.29) is 5.91 Å². The quantitative estimate of drug-likeness (QED) is 0.608. The third-order valence-electron chi connectivity index (χ3n) is 4.52. The molecule has 1 aliphatic rings. The lowest BCUT2D eigenvalue weighted by molar-refractivity contribution is -0.118. The first-order valence-corrected chi connectivity index (χ1v) is 11.3. The molecule has 1 aromatic carbocycles. The van der Waals surface area contributed by atoms with Crippen molar-refractivity contribution in [2.75, 3.05) is 43.5 Å². The monoisotopic (exact) mass is 437 g/mol. The number of carbonyl (C=O) groups is 1. The minimum atomic E-state index is -0.00372. The molecule has 1 aromatic heterocycles. The molecular formula is C20H28ClN5O2S. The predicted molar refractivity (Wildman–Crippen MR) is 117 cm³/mol. The lowest BCUT2D eigenvalue weighted by Crippen LogP contribution is -2.38. The highest BCUT2D eigenvalue weighted by Gasteiger charge is 2.21. The highest BCUT2D eigenvalue weighted by molar-refractivity contribution is 7.99. The number of ether oxygens (including phenoxy) is 1. The van der Waals surface area contributed by atoms with Crippen molar-refractivity contribution in [2.24, 2.45) is 5.92 Å². The molecule has 2 aromatic rings. The van der Waals surface area contributed by atoms with Crippen molar-refractivity contribution >= 4 is 35.2 Å². The second kappa shape index (κ2) is 10.8. The minimum absolute atomic E-state index is 0.00372. The molecule has 29 heavy (non-hydrogen) atoms. The molecule has 0 spiro atoms. The molecule has 0 unspecified atom stereocenters. The van der Waals surface area contributed by atoms with Crippen LogP contribution in [-0.4, -0.2) is 59.3 Å². The van der Waals surface area contributed by atoms with Gasteiger partial charge in [-0.2, -0.15) is 0 Å². The van der Waals surface area contributed by atoms with Gasteiger partial charge in [0.05, 0.1) is 19.0 Å². The Labute approximate surface area is 181 Å². The number of nitrogens with zero attached hydrogens (tertiary/aromatic N) is 4.